The van der Waals surface area contributed by atoms with E-state index in [-0.39, 0.29) is 18.3 Å². The van der Waals surface area contributed by atoms with Crippen LogP contribution in [0.4, 0.5) is 5.69 Å². The molecular weight excluding hydrogens is 396 g/mol. The number of hydrogen-bond donors (Lipinski definition) is 1. The van der Waals surface area contributed by atoms with E-state index in [2.05, 4.69) is 28.5 Å². The van der Waals surface area contributed by atoms with Crippen LogP contribution in [-0.2, 0) is 20.7 Å². The molecule has 1 amide bonds. The zero-order valence-corrected chi connectivity index (χ0v) is 17.2. The third kappa shape index (κ3) is 4.78. The molecule has 0 spiro atoms. The summed E-state index contributed by atoms with van der Waals surface area (Å²) in [7, 11) is 0. The first-order chi connectivity index (χ1) is 14.6. The summed E-state index contributed by atoms with van der Waals surface area (Å²) < 4.78 is 4.96. The van der Waals surface area contributed by atoms with Crippen molar-refractivity contribution in [2.45, 2.75) is 13.3 Å². The Morgan fingerprint density at radius 3 is 2.60 bits per heavy atom. The van der Waals surface area contributed by atoms with E-state index in [4.69, 9.17) is 4.74 Å². The third-order valence-corrected chi connectivity index (χ3v) is 5.45. The Hall–Kier alpha value is -3.38. The smallest absolute Gasteiger partial charge is 0.310 e. The Morgan fingerprint density at radius 2 is 1.83 bits per heavy atom. The lowest BCUT2D eigenvalue weighted by molar-refractivity contribution is -0.142. The predicted molar refractivity (Wildman–Crippen MR) is 122 cm³/mol. The number of thioether (sulfide) groups is 1. The first-order valence-electron chi connectivity index (χ1n) is 9.63. The second-order valence-electron chi connectivity index (χ2n) is 6.74. The second-order valence-corrected chi connectivity index (χ2v) is 7.77. The molecule has 0 unspecified atom stereocenters. The largest absolute Gasteiger partial charge is 0.466 e. The minimum absolute atomic E-state index is 0.237. The molecular formula is C24H20N2O3S. The molecule has 30 heavy (non-hydrogen) atoms. The van der Waals surface area contributed by atoms with Gasteiger partial charge in [0.25, 0.3) is 5.91 Å². The lowest BCUT2D eigenvalue weighted by Gasteiger charge is -2.06. The molecule has 0 saturated heterocycles. The number of carbonyl (C=O) groups is 2. The predicted octanol–water partition coefficient (Wildman–Crippen LogP) is 5.03. The van der Waals surface area contributed by atoms with E-state index >= 15 is 0 Å². The molecule has 0 aliphatic carbocycles. The number of nitrogens with zero attached hydrogens (tertiary/aromatic N) is 1. The van der Waals surface area contributed by atoms with E-state index in [0.29, 0.717) is 16.7 Å². The Bertz CT molecular complexity index is 1170. The molecule has 1 aliphatic heterocycles. The van der Waals surface area contributed by atoms with Crippen molar-refractivity contribution in [2.75, 3.05) is 11.9 Å². The van der Waals surface area contributed by atoms with Gasteiger partial charge in [0.05, 0.1) is 17.9 Å². The number of amidine groups is 1. The third-order valence-electron chi connectivity index (χ3n) is 4.55. The van der Waals surface area contributed by atoms with Crippen molar-refractivity contribution >= 4 is 51.3 Å². The SMILES string of the molecule is CCOC(=O)Cc1ccc(NC2=NC(=O)/C(=C/c3ccc4ccccc4c3)S2)cc1. The van der Waals surface area contributed by atoms with Gasteiger partial charge >= 0.3 is 5.97 Å². The van der Waals surface area contributed by atoms with Gasteiger partial charge in [-0.1, -0.05) is 48.5 Å². The topological polar surface area (TPSA) is 67.8 Å². The molecule has 150 valence electrons. The quantitative estimate of drug-likeness (QED) is 0.467. The number of benzene rings is 3. The Kier molecular flexibility index (Phi) is 5.95. The summed E-state index contributed by atoms with van der Waals surface area (Å²) in [5.41, 5.74) is 2.63. The maximum atomic E-state index is 12.3. The highest BCUT2D eigenvalue weighted by molar-refractivity contribution is 8.18. The van der Waals surface area contributed by atoms with Gasteiger partial charge in [0.2, 0.25) is 0 Å². The Labute approximate surface area is 178 Å². The number of rotatable bonds is 5. The maximum Gasteiger partial charge on any atom is 0.310 e. The highest BCUT2D eigenvalue weighted by atomic mass is 32.2. The average Bonchev–Trinajstić information content (AvgIpc) is 3.08. The van der Waals surface area contributed by atoms with Gasteiger partial charge in [-0.25, -0.2) is 0 Å². The minimum atomic E-state index is -0.255. The average molecular weight is 417 g/mol. The van der Waals surface area contributed by atoms with Crippen molar-refractivity contribution in [3.63, 3.8) is 0 Å². The van der Waals surface area contributed by atoms with Crippen LogP contribution in [-0.4, -0.2) is 23.7 Å². The van der Waals surface area contributed by atoms with Gasteiger partial charge in [-0.15, -0.1) is 0 Å². The van der Waals surface area contributed by atoms with Crippen LogP contribution in [0.15, 0.2) is 76.6 Å². The molecule has 3 aromatic carbocycles. The van der Waals surface area contributed by atoms with Crippen molar-refractivity contribution in [1.29, 1.82) is 0 Å². The summed E-state index contributed by atoms with van der Waals surface area (Å²) in [6, 6.07) is 21.6. The molecule has 0 bridgehead atoms. The molecule has 1 N–H and O–H groups in total. The number of nitrogens with one attached hydrogen (secondary N) is 1. The summed E-state index contributed by atoms with van der Waals surface area (Å²) in [5, 5.41) is 5.98. The molecule has 6 heteroatoms. The summed E-state index contributed by atoms with van der Waals surface area (Å²) in [4.78, 5) is 28.6. The summed E-state index contributed by atoms with van der Waals surface area (Å²) in [6.45, 7) is 2.16. The number of carbonyl (C=O) groups excluding carboxylic acids is 2. The molecule has 5 nitrogen and oxygen atoms in total. The Balaban J connectivity index is 1.42. The normalized spacial score (nSPS) is 14.8. The van der Waals surface area contributed by atoms with Crippen molar-refractivity contribution in [3.8, 4) is 0 Å². The highest BCUT2D eigenvalue weighted by Crippen LogP contribution is 2.30. The second kappa shape index (κ2) is 8.97. The number of amides is 1. The molecule has 1 aliphatic rings. The van der Waals surface area contributed by atoms with Gasteiger partial charge in [-0.3, -0.25) is 9.59 Å². The number of anilines is 1. The molecule has 1 heterocycles. The summed E-state index contributed by atoms with van der Waals surface area (Å²) >= 11 is 1.31. The Morgan fingerprint density at radius 1 is 1.07 bits per heavy atom. The molecule has 0 atom stereocenters. The van der Waals surface area contributed by atoms with Crippen LogP contribution in [0.1, 0.15) is 18.1 Å². The monoisotopic (exact) mass is 416 g/mol. The number of fused-ring (bicyclic) bond motifs is 1. The molecule has 3 aromatic rings. The zero-order chi connectivity index (χ0) is 20.9. The van der Waals surface area contributed by atoms with Gasteiger partial charge in [0.15, 0.2) is 5.17 Å². The highest BCUT2D eigenvalue weighted by Gasteiger charge is 2.22. The first kappa shape index (κ1) is 19.9. The van der Waals surface area contributed by atoms with Gasteiger partial charge < -0.3 is 10.1 Å². The van der Waals surface area contributed by atoms with Crippen LogP contribution >= 0.6 is 11.8 Å². The molecule has 0 fully saturated rings. The van der Waals surface area contributed by atoms with Crippen molar-refractivity contribution in [2.24, 2.45) is 4.99 Å². The fourth-order valence-corrected chi connectivity index (χ4v) is 3.95. The van der Waals surface area contributed by atoms with E-state index in [1.807, 2.05) is 54.6 Å². The molecule has 4 rings (SSSR count). The lowest BCUT2D eigenvalue weighted by Crippen LogP contribution is -2.08. The van der Waals surface area contributed by atoms with E-state index < -0.39 is 0 Å². The summed E-state index contributed by atoms with van der Waals surface area (Å²) in [6.07, 6.45) is 2.10. The zero-order valence-electron chi connectivity index (χ0n) is 16.4. The van der Waals surface area contributed by atoms with Crippen LogP contribution < -0.4 is 5.32 Å². The van der Waals surface area contributed by atoms with Crippen LogP contribution in [0.3, 0.4) is 0 Å². The van der Waals surface area contributed by atoms with Crippen molar-refractivity contribution in [3.05, 3.63) is 82.8 Å². The van der Waals surface area contributed by atoms with Crippen molar-refractivity contribution in [1.82, 2.24) is 0 Å². The van der Waals surface area contributed by atoms with Gasteiger partial charge in [0, 0.05) is 5.69 Å². The van der Waals surface area contributed by atoms with Gasteiger partial charge in [-0.05, 0) is 64.9 Å². The van der Waals surface area contributed by atoms with Crippen LogP contribution in [0, 0.1) is 0 Å². The van der Waals surface area contributed by atoms with E-state index in [9.17, 15) is 9.59 Å². The summed E-state index contributed by atoms with van der Waals surface area (Å²) in [5.74, 6) is -0.502. The van der Waals surface area contributed by atoms with Crippen LogP contribution in [0.5, 0.6) is 0 Å². The van der Waals surface area contributed by atoms with Gasteiger partial charge in [0.1, 0.15) is 0 Å². The minimum Gasteiger partial charge on any atom is -0.466 e. The number of esters is 1. The van der Waals surface area contributed by atoms with Gasteiger partial charge in [-0.2, -0.15) is 4.99 Å². The maximum absolute atomic E-state index is 12.3. The fourth-order valence-electron chi connectivity index (χ4n) is 3.12. The van der Waals surface area contributed by atoms with E-state index in [0.717, 1.165) is 27.6 Å². The fraction of sp³-hybridized carbons (Fsp3) is 0.125. The molecule has 0 radical (unpaired) electrons. The lowest BCUT2D eigenvalue weighted by atomic mass is 10.1. The number of aliphatic imine (C=N–C) groups is 1. The number of hydrogen-bond acceptors (Lipinski definition) is 5. The van der Waals surface area contributed by atoms with E-state index in [1.54, 1.807) is 6.92 Å². The number of ether oxygens (including phenoxy) is 1. The molecule has 0 saturated carbocycles. The molecule has 0 aromatic heterocycles. The van der Waals surface area contributed by atoms with Crippen LogP contribution in [0.2, 0.25) is 0 Å². The van der Waals surface area contributed by atoms with Crippen LogP contribution in [0.25, 0.3) is 16.8 Å². The van der Waals surface area contributed by atoms with E-state index in [1.165, 1.54) is 11.8 Å². The first-order valence-corrected chi connectivity index (χ1v) is 10.5. The standard InChI is InChI=1S/C24H20N2O3S/c1-2-29-22(27)15-16-8-11-20(12-9-16)25-24-26-23(28)21(30-24)14-17-7-10-18-5-3-4-6-19(18)13-17/h3-14H,2,15H2,1H3,(H,25,26,28)/b21-14-. The van der Waals surface area contributed by atoms with Crippen molar-refractivity contribution < 1.29 is 14.3 Å².